The van der Waals surface area contributed by atoms with Crippen molar-refractivity contribution < 1.29 is 14.7 Å². The number of amides is 2. The Bertz CT molecular complexity index is 253. The Labute approximate surface area is 82.2 Å². The number of urea groups is 1. The minimum atomic E-state index is -1.05. The summed E-state index contributed by atoms with van der Waals surface area (Å²) in [6.45, 7) is -0.352. The lowest BCUT2D eigenvalue weighted by molar-refractivity contribution is -0.135. The van der Waals surface area contributed by atoms with E-state index in [2.05, 4.69) is 10.6 Å². The molecule has 1 aliphatic carbocycles. The predicted octanol–water partition coefficient (Wildman–Crippen LogP) is 0.828. The molecule has 1 fully saturated rings. The number of hydrogen-bond acceptors (Lipinski definition) is 2. The molecule has 0 atom stereocenters. The number of hydrogen-bond donors (Lipinski definition) is 3. The summed E-state index contributed by atoms with van der Waals surface area (Å²) in [7, 11) is 0. The third kappa shape index (κ3) is 3.93. The summed E-state index contributed by atoms with van der Waals surface area (Å²) in [6, 6.07) is -0.466. The first kappa shape index (κ1) is 10.6. The molecule has 0 aromatic carbocycles. The van der Waals surface area contributed by atoms with Gasteiger partial charge in [0.1, 0.15) is 6.54 Å². The molecule has 14 heavy (non-hydrogen) atoms. The van der Waals surface area contributed by atoms with Crippen molar-refractivity contribution in [2.45, 2.75) is 25.7 Å². The van der Waals surface area contributed by atoms with E-state index < -0.39 is 12.0 Å². The third-order valence-corrected chi connectivity index (χ3v) is 2.05. The molecule has 2 amide bonds. The van der Waals surface area contributed by atoms with Crippen molar-refractivity contribution in [3.63, 3.8) is 0 Å². The lowest BCUT2D eigenvalue weighted by atomic mass is 10.2. The van der Waals surface area contributed by atoms with Gasteiger partial charge in [-0.15, -0.1) is 0 Å². The standard InChI is InChI=1S/C9H14N2O3/c12-8(13)6-11-9(14)10-5-7-3-1-2-4-7/h5H,1-4,6H2,(H,12,13)(H2,10,11,14). The number of carboxylic acids is 1. The van der Waals surface area contributed by atoms with Crippen LogP contribution in [0, 0.1) is 0 Å². The zero-order valence-electron chi connectivity index (χ0n) is 7.88. The summed E-state index contributed by atoms with van der Waals surface area (Å²) in [5, 5.41) is 13.0. The molecule has 3 N–H and O–H groups in total. The molecule has 1 aliphatic rings. The van der Waals surface area contributed by atoms with E-state index >= 15 is 0 Å². The number of nitrogens with one attached hydrogen (secondary N) is 2. The Morgan fingerprint density at radius 1 is 1.36 bits per heavy atom. The van der Waals surface area contributed by atoms with Crippen LogP contribution in [0.3, 0.4) is 0 Å². The van der Waals surface area contributed by atoms with Crippen LogP contribution in [0.1, 0.15) is 25.7 Å². The van der Waals surface area contributed by atoms with Crippen molar-refractivity contribution in [2.24, 2.45) is 0 Å². The first-order chi connectivity index (χ1) is 6.68. The summed E-state index contributed by atoms with van der Waals surface area (Å²) in [5.74, 6) is -1.05. The van der Waals surface area contributed by atoms with Crippen LogP contribution in [-0.2, 0) is 4.79 Å². The zero-order chi connectivity index (χ0) is 10.4. The summed E-state index contributed by atoms with van der Waals surface area (Å²) in [4.78, 5) is 21.1. The van der Waals surface area contributed by atoms with Gasteiger partial charge in [-0.2, -0.15) is 0 Å². The van der Waals surface area contributed by atoms with Gasteiger partial charge >= 0.3 is 12.0 Å². The van der Waals surface area contributed by atoms with Gasteiger partial charge in [0.15, 0.2) is 0 Å². The van der Waals surface area contributed by atoms with E-state index in [1.807, 2.05) is 0 Å². The smallest absolute Gasteiger partial charge is 0.323 e. The molecule has 0 aromatic rings. The van der Waals surface area contributed by atoms with Gasteiger partial charge < -0.3 is 15.7 Å². The molecule has 0 aliphatic heterocycles. The fraction of sp³-hybridized carbons (Fsp3) is 0.556. The predicted molar refractivity (Wildman–Crippen MR) is 50.7 cm³/mol. The van der Waals surface area contributed by atoms with Crippen LogP contribution >= 0.6 is 0 Å². The summed E-state index contributed by atoms with van der Waals surface area (Å²) >= 11 is 0. The van der Waals surface area contributed by atoms with Crippen molar-refractivity contribution in [2.75, 3.05) is 6.54 Å². The van der Waals surface area contributed by atoms with Gasteiger partial charge in [-0.1, -0.05) is 5.57 Å². The topological polar surface area (TPSA) is 78.4 Å². The number of carbonyl (C=O) groups is 2. The monoisotopic (exact) mass is 198 g/mol. The molecule has 0 unspecified atom stereocenters. The molecule has 0 radical (unpaired) electrons. The largest absolute Gasteiger partial charge is 0.480 e. The highest BCUT2D eigenvalue weighted by Gasteiger charge is 2.07. The maximum Gasteiger partial charge on any atom is 0.323 e. The Morgan fingerprint density at radius 3 is 2.57 bits per heavy atom. The number of rotatable bonds is 3. The second-order valence-corrected chi connectivity index (χ2v) is 3.23. The van der Waals surface area contributed by atoms with Crippen molar-refractivity contribution in [1.82, 2.24) is 10.6 Å². The van der Waals surface area contributed by atoms with Crippen LogP contribution in [0.4, 0.5) is 4.79 Å². The van der Waals surface area contributed by atoms with E-state index in [4.69, 9.17) is 5.11 Å². The lowest BCUT2D eigenvalue weighted by Gasteiger charge is -2.02. The fourth-order valence-corrected chi connectivity index (χ4v) is 1.35. The maximum atomic E-state index is 11.0. The van der Waals surface area contributed by atoms with Crippen molar-refractivity contribution in [1.29, 1.82) is 0 Å². The SMILES string of the molecule is O=C(O)CNC(=O)NC=C1CCCC1. The molecule has 5 nitrogen and oxygen atoms in total. The molecular formula is C9H14N2O3. The molecule has 0 saturated heterocycles. The molecule has 0 heterocycles. The van der Waals surface area contributed by atoms with Crippen molar-refractivity contribution in [3.8, 4) is 0 Å². The molecule has 0 spiro atoms. The highest BCUT2D eigenvalue weighted by molar-refractivity contribution is 5.80. The van der Waals surface area contributed by atoms with Crippen LogP contribution in [-0.4, -0.2) is 23.7 Å². The summed E-state index contributed by atoms with van der Waals surface area (Å²) in [6.07, 6.45) is 6.07. The highest BCUT2D eigenvalue weighted by Crippen LogP contribution is 2.22. The number of aliphatic carboxylic acids is 1. The second kappa shape index (κ2) is 5.26. The van der Waals surface area contributed by atoms with Gasteiger partial charge in [0.2, 0.25) is 0 Å². The summed E-state index contributed by atoms with van der Waals surface area (Å²) in [5.41, 5.74) is 1.22. The summed E-state index contributed by atoms with van der Waals surface area (Å²) < 4.78 is 0. The Hall–Kier alpha value is -1.52. The van der Waals surface area contributed by atoms with E-state index in [-0.39, 0.29) is 6.54 Å². The molecule has 0 aromatic heterocycles. The van der Waals surface area contributed by atoms with Crippen LogP contribution < -0.4 is 10.6 Å². The average Bonchev–Trinajstić information content (AvgIpc) is 2.63. The first-order valence-electron chi connectivity index (χ1n) is 4.62. The van der Waals surface area contributed by atoms with Crippen LogP contribution in [0.25, 0.3) is 0 Å². The zero-order valence-corrected chi connectivity index (χ0v) is 7.88. The first-order valence-corrected chi connectivity index (χ1v) is 4.62. The van der Waals surface area contributed by atoms with Crippen LogP contribution in [0.5, 0.6) is 0 Å². The molecular weight excluding hydrogens is 184 g/mol. The number of carbonyl (C=O) groups excluding carboxylic acids is 1. The molecule has 5 heteroatoms. The fourth-order valence-electron chi connectivity index (χ4n) is 1.35. The van der Waals surface area contributed by atoms with E-state index in [1.54, 1.807) is 6.20 Å². The average molecular weight is 198 g/mol. The van der Waals surface area contributed by atoms with Crippen LogP contribution in [0.15, 0.2) is 11.8 Å². The molecule has 0 bridgehead atoms. The molecule has 78 valence electrons. The lowest BCUT2D eigenvalue weighted by Crippen LogP contribution is -2.35. The second-order valence-electron chi connectivity index (χ2n) is 3.23. The van der Waals surface area contributed by atoms with Crippen molar-refractivity contribution in [3.05, 3.63) is 11.8 Å². The van der Waals surface area contributed by atoms with E-state index in [0.717, 1.165) is 12.8 Å². The highest BCUT2D eigenvalue weighted by atomic mass is 16.4. The maximum absolute atomic E-state index is 11.0. The number of allylic oxidation sites excluding steroid dienone is 1. The Morgan fingerprint density at radius 2 is 2.00 bits per heavy atom. The van der Waals surface area contributed by atoms with E-state index in [0.29, 0.717) is 0 Å². The van der Waals surface area contributed by atoms with Gasteiger partial charge in [-0.05, 0) is 25.7 Å². The van der Waals surface area contributed by atoms with E-state index in [9.17, 15) is 9.59 Å². The normalized spacial score (nSPS) is 15.0. The molecule has 1 rings (SSSR count). The van der Waals surface area contributed by atoms with E-state index in [1.165, 1.54) is 18.4 Å². The van der Waals surface area contributed by atoms with Gasteiger partial charge in [0.05, 0.1) is 0 Å². The van der Waals surface area contributed by atoms with Crippen molar-refractivity contribution >= 4 is 12.0 Å². The van der Waals surface area contributed by atoms with Gasteiger partial charge in [-0.25, -0.2) is 4.79 Å². The quantitative estimate of drug-likeness (QED) is 0.628. The number of carboxylic acid groups (broad SMARTS) is 1. The Balaban J connectivity index is 2.20. The van der Waals surface area contributed by atoms with Crippen LogP contribution in [0.2, 0.25) is 0 Å². The minimum absolute atomic E-state index is 0.352. The van der Waals surface area contributed by atoms with Gasteiger partial charge in [-0.3, -0.25) is 4.79 Å². The minimum Gasteiger partial charge on any atom is -0.480 e. The molecule has 1 saturated carbocycles. The Kier molecular flexibility index (Phi) is 3.97. The van der Waals surface area contributed by atoms with Gasteiger partial charge in [0, 0.05) is 6.20 Å². The third-order valence-electron chi connectivity index (χ3n) is 2.05. The van der Waals surface area contributed by atoms with Gasteiger partial charge in [0.25, 0.3) is 0 Å².